The van der Waals surface area contributed by atoms with E-state index in [1.54, 1.807) is 6.07 Å². The molecule has 7 heteroatoms. The van der Waals surface area contributed by atoms with Crippen LogP contribution < -0.4 is 5.32 Å². The second kappa shape index (κ2) is 6.07. The van der Waals surface area contributed by atoms with Crippen molar-refractivity contribution in [3.05, 3.63) is 29.0 Å². The molecular formula is C12H15ClF3N3. The fourth-order valence-corrected chi connectivity index (χ4v) is 2.37. The van der Waals surface area contributed by atoms with Gasteiger partial charge in [0.1, 0.15) is 5.15 Å². The zero-order valence-corrected chi connectivity index (χ0v) is 11.0. The lowest BCUT2D eigenvalue weighted by Crippen LogP contribution is -2.46. The highest BCUT2D eigenvalue weighted by molar-refractivity contribution is 6.29. The van der Waals surface area contributed by atoms with Gasteiger partial charge in [-0.25, -0.2) is 4.98 Å². The predicted molar refractivity (Wildman–Crippen MR) is 67.1 cm³/mol. The molecule has 1 aromatic heterocycles. The number of nitrogens with one attached hydrogen (secondary N) is 1. The maximum absolute atomic E-state index is 12.7. The van der Waals surface area contributed by atoms with Crippen molar-refractivity contribution in [3.8, 4) is 0 Å². The van der Waals surface area contributed by atoms with E-state index in [4.69, 9.17) is 11.6 Å². The second-order valence-corrected chi connectivity index (χ2v) is 4.92. The molecule has 0 unspecified atom stereocenters. The summed E-state index contributed by atoms with van der Waals surface area (Å²) >= 11 is 5.68. The van der Waals surface area contributed by atoms with Crippen LogP contribution >= 0.6 is 11.6 Å². The third-order valence-corrected chi connectivity index (χ3v) is 3.38. The monoisotopic (exact) mass is 293 g/mol. The predicted octanol–water partition coefficient (Wildman–Crippen LogP) is 2.63. The Morgan fingerprint density at radius 2 is 2.00 bits per heavy atom. The first-order valence-corrected chi connectivity index (χ1v) is 6.46. The molecule has 0 bridgehead atoms. The Morgan fingerprint density at radius 1 is 1.32 bits per heavy atom. The van der Waals surface area contributed by atoms with Crippen LogP contribution in [-0.2, 0) is 0 Å². The molecule has 19 heavy (non-hydrogen) atoms. The Bertz CT molecular complexity index is 402. The topological polar surface area (TPSA) is 28.2 Å². The Kier molecular flexibility index (Phi) is 4.65. The Balaban J connectivity index is 2.19. The molecule has 1 saturated heterocycles. The van der Waals surface area contributed by atoms with Gasteiger partial charge in [0.25, 0.3) is 0 Å². The lowest BCUT2D eigenvalue weighted by Gasteiger charge is -2.35. The van der Waals surface area contributed by atoms with Gasteiger partial charge in [-0.2, -0.15) is 13.2 Å². The highest BCUT2D eigenvalue weighted by atomic mass is 35.5. The van der Waals surface area contributed by atoms with Gasteiger partial charge in [-0.1, -0.05) is 17.7 Å². The van der Waals surface area contributed by atoms with Crippen LogP contribution in [0, 0.1) is 0 Å². The van der Waals surface area contributed by atoms with Crippen LogP contribution in [0.25, 0.3) is 0 Å². The Labute approximate surface area is 114 Å². The molecule has 0 aliphatic carbocycles. The fraction of sp³-hybridized carbons (Fsp3) is 0.583. The molecule has 2 rings (SSSR count). The SMILES string of the molecule is FC(F)(F)C[C@H](c1ccc(Cl)nc1)N1CCNCC1. The van der Waals surface area contributed by atoms with E-state index in [1.807, 2.05) is 4.90 Å². The Hall–Kier alpha value is -0.850. The van der Waals surface area contributed by atoms with Crippen LogP contribution in [0.5, 0.6) is 0 Å². The first kappa shape index (κ1) is 14.6. The van der Waals surface area contributed by atoms with E-state index in [0.29, 0.717) is 31.7 Å². The molecule has 1 atom stereocenters. The number of hydrogen-bond donors (Lipinski definition) is 1. The third kappa shape index (κ3) is 4.33. The minimum absolute atomic E-state index is 0.287. The summed E-state index contributed by atoms with van der Waals surface area (Å²) in [6, 6.07) is 2.46. The van der Waals surface area contributed by atoms with E-state index in [1.165, 1.54) is 12.3 Å². The number of alkyl halides is 3. The molecule has 1 aliphatic heterocycles. The molecule has 2 heterocycles. The van der Waals surface area contributed by atoms with Gasteiger partial charge in [0.15, 0.2) is 0 Å². The van der Waals surface area contributed by atoms with Crippen molar-refractivity contribution in [3.63, 3.8) is 0 Å². The van der Waals surface area contributed by atoms with Gasteiger partial charge in [0, 0.05) is 38.4 Å². The van der Waals surface area contributed by atoms with Crippen molar-refractivity contribution < 1.29 is 13.2 Å². The first-order chi connectivity index (χ1) is 8.96. The first-order valence-electron chi connectivity index (χ1n) is 6.09. The average Bonchev–Trinajstić information content (AvgIpc) is 2.37. The summed E-state index contributed by atoms with van der Waals surface area (Å²) in [5, 5.41) is 3.42. The maximum Gasteiger partial charge on any atom is 0.390 e. The number of rotatable bonds is 3. The minimum atomic E-state index is -4.20. The molecule has 1 fully saturated rings. The van der Waals surface area contributed by atoms with Gasteiger partial charge in [-0.05, 0) is 11.6 Å². The van der Waals surface area contributed by atoms with Gasteiger partial charge in [0.2, 0.25) is 0 Å². The molecule has 0 saturated carbocycles. The summed E-state index contributed by atoms with van der Waals surface area (Å²) in [5.41, 5.74) is 0.559. The number of nitrogens with zero attached hydrogens (tertiary/aromatic N) is 2. The molecule has 1 aromatic rings. The van der Waals surface area contributed by atoms with Crippen LogP contribution in [0.15, 0.2) is 18.3 Å². The summed E-state index contributed by atoms with van der Waals surface area (Å²) < 4.78 is 38.2. The molecule has 3 nitrogen and oxygen atoms in total. The van der Waals surface area contributed by atoms with E-state index >= 15 is 0 Å². The van der Waals surface area contributed by atoms with E-state index in [2.05, 4.69) is 10.3 Å². The highest BCUT2D eigenvalue weighted by Gasteiger charge is 2.36. The zero-order valence-electron chi connectivity index (χ0n) is 10.3. The summed E-state index contributed by atoms with van der Waals surface area (Å²) in [4.78, 5) is 5.72. The van der Waals surface area contributed by atoms with Crippen molar-refractivity contribution >= 4 is 11.6 Å². The van der Waals surface area contributed by atoms with Gasteiger partial charge in [-0.15, -0.1) is 0 Å². The highest BCUT2D eigenvalue weighted by Crippen LogP contribution is 2.33. The van der Waals surface area contributed by atoms with Gasteiger partial charge in [0.05, 0.1) is 6.42 Å². The van der Waals surface area contributed by atoms with Crippen LogP contribution in [0.1, 0.15) is 18.0 Å². The van der Waals surface area contributed by atoms with E-state index in [9.17, 15) is 13.2 Å². The summed E-state index contributed by atoms with van der Waals surface area (Å²) in [5.74, 6) is 0. The maximum atomic E-state index is 12.7. The van der Waals surface area contributed by atoms with Crippen molar-refractivity contribution in [2.75, 3.05) is 26.2 Å². The molecule has 0 spiro atoms. The average molecular weight is 294 g/mol. The lowest BCUT2D eigenvalue weighted by molar-refractivity contribution is -0.148. The largest absolute Gasteiger partial charge is 0.390 e. The minimum Gasteiger partial charge on any atom is -0.314 e. The summed E-state index contributed by atoms with van der Waals surface area (Å²) in [6.07, 6.45) is -3.63. The number of hydrogen-bond acceptors (Lipinski definition) is 3. The van der Waals surface area contributed by atoms with Crippen LogP contribution in [0.4, 0.5) is 13.2 Å². The number of halogens is 4. The quantitative estimate of drug-likeness (QED) is 0.869. The van der Waals surface area contributed by atoms with E-state index in [-0.39, 0.29) is 5.15 Å². The summed E-state index contributed by atoms with van der Waals surface area (Å²) in [6.45, 7) is 2.61. The van der Waals surface area contributed by atoms with Crippen LogP contribution in [-0.4, -0.2) is 42.2 Å². The van der Waals surface area contributed by atoms with Crippen LogP contribution in [0.3, 0.4) is 0 Å². The van der Waals surface area contributed by atoms with Crippen molar-refractivity contribution in [1.82, 2.24) is 15.2 Å². The molecule has 0 amide bonds. The fourth-order valence-electron chi connectivity index (χ4n) is 2.26. The van der Waals surface area contributed by atoms with E-state index < -0.39 is 18.6 Å². The second-order valence-electron chi connectivity index (χ2n) is 4.54. The molecule has 106 valence electrons. The van der Waals surface area contributed by atoms with Gasteiger partial charge < -0.3 is 5.32 Å². The van der Waals surface area contributed by atoms with Crippen LogP contribution in [0.2, 0.25) is 5.15 Å². The van der Waals surface area contributed by atoms with E-state index in [0.717, 1.165) is 0 Å². The normalized spacial score (nSPS) is 19.4. The smallest absolute Gasteiger partial charge is 0.314 e. The molecular weight excluding hydrogens is 279 g/mol. The van der Waals surface area contributed by atoms with Gasteiger partial charge >= 0.3 is 6.18 Å². The number of pyridine rings is 1. The zero-order chi connectivity index (χ0) is 13.9. The number of piperazine rings is 1. The summed E-state index contributed by atoms with van der Waals surface area (Å²) in [7, 11) is 0. The molecule has 1 aliphatic rings. The third-order valence-electron chi connectivity index (χ3n) is 3.15. The molecule has 0 radical (unpaired) electrons. The Morgan fingerprint density at radius 3 is 2.53 bits per heavy atom. The van der Waals surface area contributed by atoms with Crippen molar-refractivity contribution in [1.29, 1.82) is 0 Å². The van der Waals surface area contributed by atoms with Crippen molar-refractivity contribution in [2.24, 2.45) is 0 Å². The lowest BCUT2D eigenvalue weighted by atomic mass is 10.0. The van der Waals surface area contributed by atoms with Crippen molar-refractivity contribution in [2.45, 2.75) is 18.6 Å². The standard InChI is InChI=1S/C12H15ClF3N3/c13-11-2-1-9(8-18-11)10(7-12(14,15)16)19-5-3-17-4-6-19/h1-2,8,10,17H,3-7H2/t10-/m1/s1. The number of aromatic nitrogens is 1. The van der Waals surface area contributed by atoms with Gasteiger partial charge in [-0.3, -0.25) is 4.90 Å². The molecule has 1 N–H and O–H groups in total. The molecule has 0 aromatic carbocycles.